The van der Waals surface area contributed by atoms with Gasteiger partial charge in [-0.2, -0.15) is 9.97 Å². The van der Waals surface area contributed by atoms with Crippen molar-refractivity contribution in [1.29, 1.82) is 0 Å². The summed E-state index contributed by atoms with van der Waals surface area (Å²) in [6, 6.07) is 5.80. The number of halogens is 3. The first kappa shape index (κ1) is 29.9. The molecule has 1 N–H and O–H groups in total. The molecule has 238 valence electrons. The second-order valence-corrected chi connectivity index (χ2v) is 12.1. The molecule has 45 heavy (non-hydrogen) atoms. The van der Waals surface area contributed by atoms with E-state index in [0.717, 1.165) is 19.4 Å². The first-order valence-electron chi connectivity index (χ1n) is 15.6. The zero-order chi connectivity index (χ0) is 31.1. The van der Waals surface area contributed by atoms with E-state index in [1.165, 1.54) is 24.4 Å². The summed E-state index contributed by atoms with van der Waals surface area (Å²) in [6.45, 7) is 5.89. The summed E-state index contributed by atoms with van der Waals surface area (Å²) in [5, 5.41) is 12.0. The predicted molar refractivity (Wildman–Crippen MR) is 164 cm³/mol. The largest absolute Gasteiger partial charge is 0.508 e. The summed E-state index contributed by atoms with van der Waals surface area (Å²) < 4.78 is 63.7. The van der Waals surface area contributed by atoms with Gasteiger partial charge in [0.25, 0.3) is 0 Å². The Morgan fingerprint density at radius 1 is 1.07 bits per heavy atom. The Morgan fingerprint density at radius 3 is 2.64 bits per heavy atom. The fraction of sp³-hybridized carbons (Fsp3) is 0.485. The van der Waals surface area contributed by atoms with Crippen molar-refractivity contribution in [3.63, 3.8) is 0 Å². The Bertz CT molecular complexity index is 1730. The Balaban J connectivity index is 1.37. The van der Waals surface area contributed by atoms with Crippen LogP contribution in [0.3, 0.4) is 0 Å². The van der Waals surface area contributed by atoms with E-state index in [1.54, 1.807) is 6.07 Å². The molecule has 4 aromatic rings. The molecule has 2 atom stereocenters. The highest BCUT2D eigenvalue weighted by Gasteiger charge is 2.49. The Labute approximate surface area is 258 Å². The second-order valence-electron chi connectivity index (χ2n) is 12.1. The number of phenols is 1. The number of benzene rings is 2. The van der Waals surface area contributed by atoms with Crippen molar-refractivity contribution < 1.29 is 32.5 Å². The van der Waals surface area contributed by atoms with Crippen molar-refractivity contribution in [3.8, 4) is 23.0 Å². The van der Waals surface area contributed by atoms with Gasteiger partial charge in [-0.05, 0) is 60.3 Å². The molecular formula is C33H36F3N5O4. The first-order chi connectivity index (χ1) is 21.9. The van der Waals surface area contributed by atoms with Crippen LogP contribution in [0.25, 0.3) is 32.9 Å². The first-order valence-corrected chi connectivity index (χ1v) is 15.6. The highest BCUT2D eigenvalue weighted by atomic mass is 19.1. The molecule has 0 saturated carbocycles. The van der Waals surface area contributed by atoms with Crippen LogP contribution in [0, 0.1) is 11.6 Å². The number of hydrogen-bond acceptors (Lipinski definition) is 9. The van der Waals surface area contributed by atoms with Crippen LogP contribution in [-0.2, 0) is 15.9 Å². The van der Waals surface area contributed by atoms with E-state index in [4.69, 9.17) is 19.2 Å². The number of hydrogen-bond donors (Lipinski definition) is 1. The molecule has 0 aliphatic carbocycles. The SMILES string of the molecule is CCc1c(F)ccc2cc(O)cc(-c3ncc4c(N5CCOCCOCC5)nc(OC[C@]56CCCN5C[C@H](F)C6)nc4c3F)c12. The summed E-state index contributed by atoms with van der Waals surface area (Å²) >= 11 is 0. The number of ether oxygens (including phenoxy) is 3. The Hall–Kier alpha value is -3.74. The zero-order valence-electron chi connectivity index (χ0n) is 25.2. The standard InChI is InChI=1S/C33H36F3N5O4/c1-2-23-26(35)5-4-20-14-22(42)15-24(27(20)23)29-28(36)30-25(17-37-29)31(40-8-10-43-12-13-44-11-9-40)39-32(38-30)45-19-33-6-3-7-41(33)18-21(34)16-33/h4-5,14-15,17,21,42H,2-3,6-13,16,18-19H2,1H3/t21-,33-/m1/s1. The van der Waals surface area contributed by atoms with Gasteiger partial charge >= 0.3 is 6.01 Å². The number of anilines is 1. The van der Waals surface area contributed by atoms with Crippen LogP contribution in [0.4, 0.5) is 19.0 Å². The average Bonchev–Trinajstić information content (AvgIpc) is 3.59. The number of rotatable bonds is 6. The molecule has 0 spiro atoms. The molecule has 2 aromatic carbocycles. The lowest BCUT2D eigenvalue weighted by atomic mass is 9.94. The summed E-state index contributed by atoms with van der Waals surface area (Å²) in [4.78, 5) is 17.9. The summed E-state index contributed by atoms with van der Waals surface area (Å²) in [7, 11) is 0. The van der Waals surface area contributed by atoms with Crippen molar-refractivity contribution in [2.75, 3.05) is 64.1 Å². The smallest absolute Gasteiger partial charge is 0.319 e. The molecular weight excluding hydrogens is 587 g/mol. The minimum Gasteiger partial charge on any atom is -0.508 e. The third-order valence-electron chi connectivity index (χ3n) is 9.32. The van der Waals surface area contributed by atoms with E-state index in [0.29, 0.717) is 86.4 Å². The van der Waals surface area contributed by atoms with E-state index in [9.17, 15) is 13.9 Å². The molecule has 3 aliphatic rings. The molecule has 0 radical (unpaired) electrons. The van der Waals surface area contributed by atoms with E-state index in [-0.39, 0.29) is 35.1 Å². The van der Waals surface area contributed by atoms with Gasteiger partial charge in [-0.1, -0.05) is 13.0 Å². The lowest BCUT2D eigenvalue weighted by Crippen LogP contribution is -2.43. The second kappa shape index (κ2) is 12.2. The van der Waals surface area contributed by atoms with Gasteiger partial charge in [-0.3, -0.25) is 9.88 Å². The van der Waals surface area contributed by atoms with Gasteiger partial charge in [0, 0.05) is 37.8 Å². The van der Waals surface area contributed by atoms with Crippen molar-refractivity contribution in [1.82, 2.24) is 19.9 Å². The zero-order valence-corrected chi connectivity index (χ0v) is 25.2. The number of aryl methyl sites for hydroxylation is 1. The van der Waals surface area contributed by atoms with Gasteiger partial charge in [0.1, 0.15) is 41.4 Å². The predicted octanol–water partition coefficient (Wildman–Crippen LogP) is 5.20. The highest BCUT2D eigenvalue weighted by Crippen LogP contribution is 2.41. The van der Waals surface area contributed by atoms with Crippen LogP contribution in [0.2, 0.25) is 0 Å². The van der Waals surface area contributed by atoms with Gasteiger partial charge in [0.15, 0.2) is 5.82 Å². The summed E-state index contributed by atoms with van der Waals surface area (Å²) in [5.74, 6) is -0.849. The summed E-state index contributed by atoms with van der Waals surface area (Å²) in [6.07, 6.45) is 3.07. The van der Waals surface area contributed by atoms with Crippen molar-refractivity contribution in [3.05, 3.63) is 47.7 Å². The monoisotopic (exact) mass is 623 g/mol. The quantitative estimate of drug-likeness (QED) is 0.311. The molecule has 5 heterocycles. The van der Waals surface area contributed by atoms with Gasteiger partial charge in [-0.15, -0.1) is 0 Å². The van der Waals surface area contributed by atoms with Gasteiger partial charge in [-0.25, -0.2) is 13.2 Å². The molecule has 3 aliphatic heterocycles. The van der Waals surface area contributed by atoms with E-state index < -0.39 is 23.3 Å². The lowest BCUT2D eigenvalue weighted by Gasteiger charge is -2.31. The number of fused-ring (bicyclic) bond motifs is 3. The Morgan fingerprint density at radius 2 is 1.87 bits per heavy atom. The summed E-state index contributed by atoms with van der Waals surface area (Å²) in [5.41, 5.74) is 0.112. The number of aromatic nitrogens is 3. The van der Waals surface area contributed by atoms with E-state index in [1.807, 2.05) is 11.8 Å². The van der Waals surface area contributed by atoms with Crippen molar-refractivity contribution >= 4 is 27.5 Å². The fourth-order valence-corrected chi connectivity index (χ4v) is 7.19. The van der Waals surface area contributed by atoms with Crippen LogP contribution in [0.1, 0.15) is 31.7 Å². The topological polar surface area (TPSA) is 93.1 Å². The van der Waals surface area contributed by atoms with Crippen LogP contribution in [0.15, 0.2) is 30.5 Å². The number of nitrogens with zero attached hydrogens (tertiary/aromatic N) is 5. The third kappa shape index (κ3) is 5.53. The van der Waals surface area contributed by atoms with Crippen LogP contribution >= 0.6 is 0 Å². The van der Waals surface area contributed by atoms with Crippen molar-refractivity contribution in [2.45, 2.75) is 44.3 Å². The fourth-order valence-electron chi connectivity index (χ4n) is 7.19. The molecule has 3 saturated heterocycles. The molecule has 9 nitrogen and oxygen atoms in total. The molecule has 2 aromatic heterocycles. The molecule has 7 rings (SSSR count). The van der Waals surface area contributed by atoms with Gasteiger partial charge in [0.05, 0.1) is 37.4 Å². The highest BCUT2D eigenvalue weighted by molar-refractivity contribution is 6.01. The van der Waals surface area contributed by atoms with Gasteiger partial charge < -0.3 is 24.2 Å². The van der Waals surface area contributed by atoms with E-state index >= 15 is 4.39 Å². The van der Waals surface area contributed by atoms with E-state index in [2.05, 4.69) is 14.9 Å². The maximum Gasteiger partial charge on any atom is 0.319 e. The van der Waals surface area contributed by atoms with Crippen molar-refractivity contribution in [2.24, 2.45) is 0 Å². The van der Waals surface area contributed by atoms with Crippen LogP contribution < -0.4 is 9.64 Å². The molecule has 0 bridgehead atoms. The minimum absolute atomic E-state index is 0.0248. The Kier molecular flexibility index (Phi) is 8.13. The van der Waals surface area contributed by atoms with Gasteiger partial charge in [0.2, 0.25) is 0 Å². The molecule has 0 unspecified atom stereocenters. The maximum absolute atomic E-state index is 16.8. The average molecular weight is 624 g/mol. The molecule has 3 fully saturated rings. The van der Waals surface area contributed by atoms with Crippen LogP contribution in [-0.4, -0.2) is 95.9 Å². The molecule has 0 amide bonds. The lowest BCUT2D eigenvalue weighted by molar-refractivity contribution is 0.0629. The number of pyridine rings is 1. The minimum atomic E-state index is -0.923. The molecule has 12 heteroatoms. The normalized spacial score (nSPS) is 22.8. The number of alkyl halides is 1. The number of aromatic hydroxyl groups is 1. The third-order valence-corrected chi connectivity index (χ3v) is 9.32. The number of phenolic OH excluding ortho intramolecular Hbond substituents is 1. The maximum atomic E-state index is 16.8. The van der Waals surface area contributed by atoms with Crippen LogP contribution in [0.5, 0.6) is 11.8 Å².